The summed E-state index contributed by atoms with van der Waals surface area (Å²) in [5, 5.41) is 10.8. The van der Waals surface area contributed by atoms with Gasteiger partial charge in [0.15, 0.2) is 0 Å². The van der Waals surface area contributed by atoms with Gasteiger partial charge in [-0.1, -0.05) is 29.8 Å². The summed E-state index contributed by atoms with van der Waals surface area (Å²) in [5.41, 5.74) is 2.46. The lowest BCUT2D eigenvalue weighted by Gasteiger charge is -2.13. The van der Waals surface area contributed by atoms with Crippen LogP contribution in [0.3, 0.4) is 0 Å². The lowest BCUT2D eigenvalue weighted by atomic mass is 10.0. The summed E-state index contributed by atoms with van der Waals surface area (Å²) in [6.45, 7) is 1.95. The third-order valence-corrected chi connectivity index (χ3v) is 3.95. The molecule has 0 heterocycles. The summed E-state index contributed by atoms with van der Waals surface area (Å²) in [7, 11) is 0. The Morgan fingerprint density at radius 3 is 2.63 bits per heavy atom. The van der Waals surface area contributed by atoms with E-state index in [4.69, 9.17) is 11.6 Å². The van der Waals surface area contributed by atoms with Crippen molar-refractivity contribution >= 4 is 27.5 Å². The number of rotatable bonds is 3. The molecule has 0 fully saturated rings. The minimum absolute atomic E-state index is 0.361. The maximum absolute atomic E-state index is 13.4. The number of aliphatic hydroxyl groups excluding tert-OH is 1. The molecule has 0 amide bonds. The number of aryl methyl sites for hydroxylation is 1. The third kappa shape index (κ3) is 3.56. The van der Waals surface area contributed by atoms with Gasteiger partial charge in [-0.05, 0) is 57.7 Å². The van der Waals surface area contributed by atoms with Gasteiger partial charge in [-0.2, -0.15) is 0 Å². The molecule has 1 unspecified atom stereocenters. The predicted molar refractivity (Wildman–Crippen MR) is 79.0 cm³/mol. The second kappa shape index (κ2) is 6.04. The van der Waals surface area contributed by atoms with Gasteiger partial charge in [-0.15, -0.1) is 0 Å². The van der Waals surface area contributed by atoms with E-state index in [0.717, 1.165) is 11.1 Å². The van der Waals surface area contributed by atoms with Crippen LogP contribution < -0.4 is 0 Å². The van der Waals surface area contributed by atoms with Crippen molar-refractivity contribution in [1.29, 1.82) is 0 Å². The van der Waals surface area contributed by atoms with Crippen molar-refractivity contribution < 1.29 is 9.50 Å². The first-order valence-corrected chi connectivity index (χ1v) is 7.02. The van der Waals surface area contributed by atoms with E-state index < -0.39 is 6.10 Å². The zero-order chi connectivity index (χ0) is 14.0. The Hall–Kier alpha value is -0.900. The van der Waals surface area contributed by atoms with E-state index in [2.05, 4.69) is 15.9 Å². The van der Waals surface area contributed by atoms with Gasteiger partial charge in [-0.25, -0.2) is 4.39 Å². The number of hydrogen-bond acceptors (Lipinski definition) is 1. The van der Waals surface area contributed by atoms with Gasteiger partial charge in [0.1, 0.15) is 5.82 Å². The minimum Gasteiger partial charge on any atom is -0.388 e. The van der Waals surface area contributed by atoms with Gasteiger partial charge in [-0.3, -0.25) is 0 Å². The molecule has 0 bridgehead atoms. The average molecular weight is 344 g/mol. The molecule has 2 aromatic rings. The Kier molecular flexibility index (Phi) is 4.61. The predicted octanol–water partition coefficient (Wildman–Crippen LogP) is 4.83. The van der Waals surface area contributed by atoms with Crippen LogP contribution in [-0.4, -0.2) is 5.11 Å². The SMILES string of the molecule is Cc1ccc(CC(O)c2ccc(Br)c(F)c2)c(Cl)c1. The zero-order valence-corrected chi connectivity index (χ0v) is 12.7. The molecular weight excluding hydrogens is 331 g/mol. The van der Waals surface area contributed by atoms with E-state index in [0.29, 0.717) is 21.5 Å². The fourth-order valence-electron chi connectivity index (χ4n) is 1.86. The number of hydrogen-bond donors (Lipinski definition) is 1. The van der Waals surface area contributed by atoms with Crippen molar-refractivity contribution in [3.8, 4) is 0 Å². The molecule has 0 aliphatic carbocycles. The molecule has 1 atom stereocenters. The van der Waals surface area contributed by atoms with Gasteiger partial charge in [0.2, 0.25) is 0 Å². The van der Waals surface area contributed by atoms with Gasteiger partial charge >= 0.3 is 0 Å². The first-order valence-electron chi connectivity index (χ1n) is 5.85. The summed E-state index contributed by atoms with van der Waals surface area (Å²) in [6.07, 6.45) is -0.414. The van der Waals surface area contributed by atoms with Crippen molar-refractivity contribution in [3.05, 3.63) is 68.4 Å². The maximum atomic E-state index is 13.4. The Morgan fingerprint density at radius 1 is 1.26 bits per heavy atom. The summed E-state index contributed by atoms with van der Waals surface area (Å²) >= 11 is 9.21. The Morgan fingerprint density at radius 2 is 2.00 bits per heavy atom. The minimum atomic E-state index is -0.775. The first-order chi connectivity index (χ1) is 8.97. The monoisotopic (exact) mass is 342 g/mol. The van der Waals surface area contributed by atoms with E-state index >= 15 is 0 Å². The molecule has 0 aromatic heterocycles. The molecule has 0 spiro atoms. The highest BCUT2D eigenvalue weighted by Crippen LogP contribution is 2.26. The highest BCUT2D eigenvalue weighted by molar-refractivity contribution is 9.10. The second-order valence-electron chi connectivity index (χ2n) is 4.49. The molecule has 4 heteroatoms. The topological polar surface area (TPSA) is 20.2 Å². The lowest BCUT2D eigenvalue weighted by Crippen LogP contribution is -2.03. The van der Waals surface area contributed by atoms with Crippen molar-refractivity contribution in [3.63, 3.8) is 0 Å². The van der Waals surface area contributed by atoms with Crippen LogP contribution in [0.5, 0.6) is 0 Å². The largest absolute Gasteiger partial charge is 0.388 e. The van der Waals surface area contributed by atoms with Gasteiger partial charge < -0.3 is 5.11 Å². The number of benzene rings is 2. The lowest BCUT2D eigenvalue weighted by molar-refractivity contribution is 0.178. The molecule has 2 rings (SSSR count). The summed E-state index contributed by atoms with van der Waals surface area (Å²) in [6, 6.07) is 10.3. The van der Waals surface area contributed by atoms with Crippen molar-refractivity contribution in [2.24, 2.45) is 0 Å². The molecule has 0 aliphatic heterocycles. The zero-order valence-electron chi connectivity index (χ0n) is 10.3. The van der Waals surface area contributed by atoms with Gasteiger partial charge in [0.05, 0.1) is 10.6 Å². The maximum Gasteiger partial charge on any atom is 0.137 e. The number of halogens is 3. The van der Waals surface area contributed by atoms with E-state index in [1.807, 2.05) is 25.1 Å². The van der Waals surface area contributed by atoms with Crippen LogP contribution >= 0.6 is 27.5 Å². The summed E-state index contributed by atoms with van der Waals surface area (Å²) in [5.74, 6) is -0.383. The molecule has 2 aromatic carbocycles. The Bertz CT molecular complexity index is 601. The summed E-state index contributed by atoms with van der Waals surface area (Å²) in [4.78, 5) is 0. The van der Waals surface area contributed by atoms with Crippen LogP contribution in [0.15, 0.2) is 40.9 Å². The van der Waals surface area contributed by atoms with Crippen LogP contribution in [-0.2, 0) is 6.42 Å². The normalized spacial score (nSPS) is 12.5. The quantitative estimate of drug-likeness (QED) is 0.846. The highest BCUT2D eigenvalue weighted by atomic mass is 79.9. The van der Waals surface area contributed by atoms with E-state index in [-0.39, 0.29) is 5.82 Å². The molecular formula is C15H13BrClFO. The fourth-order valence-corrected chi connectivity index (χ4v) is 2.42. The standard InChI is InChI=1S/C15H13BrClFO/c1-9-2-3-10(13(17)6-9)8-15(19)11-4-5-12(16)14(18)7-11/h2-7,15,19H,8H2,1H3. The first kappa shape index (κ1) is 14.5. The molecule has 1 N–H and O–H groups in total. The molecule has 0 radical (unpaired) electrons. The van der Waals surface area contributed by atoms with Gasteiger partial charge in [0, 0.05) is 11.4 Å². The van der Waals surface area contributed by atoms with Crippen LogP contribution in [0.1, 0.15) is 22.8 Å². The van der Waals surface area contributed by atoms with Crippen molar-refractivity contribution in [1.82, 2.24) is 0 Å². The summed E-state index contributed by atoms with van der Waals surface area (Å²) < 4.78 is 13.8. The molecule has 0 saturated heterocycles. The Balaban J connectivity index is 2.20. The van der Waals surface area contributed by atoms with Crippen LogP contribution in [0, 0.1) is 12.7 Å². The van der Waals surface area contributed by atoms with E-state index in [1.54, 1.807) is 12.1 Å². The second-order valence-corrected chi connectivity index (χ2v) is 5.75. The fraction of sp³-hybridized carbons (Fsp3) is 0.200. The molecule has 100 valence electrons. The third-order valence-electron chi connectivity index (χ3n) is 2.95. The van der Waals surface area contributed by atoms with Gasteiger partial charge in [0.25, 0.3) is 0 Å². The van der Waals surface area contributed by atoms with Crippen LogP contribution in [0.4, 0.5) is 4.39 Å². The molecule has 0 aliphatic rings. The van der Waals surface area contributed by atoms with E-state index in [1.165, 1.54) is 6.07 Å². The smallest absolute Gasteiger partial charge is 0.137 e. The van der Waals surface area contributed by atoms with Crippen LogP contribution in [0.2, 0.25) is 5.02 Å². The molecule has 0 saturated carbocycles. The Labute approximate surface area is 125 Å². The molecule has 19 heavy (non-hydrogen) atoms. The van der Waals surface area contributed by atoms with E-state index in [9.17, 15) is 9.50 Å². The highest BCUT2D eigenvalue weighted by Gasteiger charge is 2.12. The van der Waals surface area contributed by atoms with Crippen molar-refractivity contribution in [2.75, 3.05) is 0 Å². The number of aliphatic hydroxyl groups is 1. The van der Waals surface area contributed by atoms with Crippen LogP contribution in [0.25, 0.3) is 0 Å². The average Bonchev–Trinajstić information content (AvgIpc) is 2.36. The van der Waals surface area contributed by atoms with Crippen molar-refractivity contribution in [2.45, 2.75) is 19.4 Å². The molecule has 1 nitrogen and oxygen atoms in total.